The summed E-state index contributed by atoms with van der Waals surface area (Å²) in [6.07, 6.45) is 1.96. The van der Waals surface area contributed by atoms with E-state index in [2.05, 4.69) is 0 Å². The molecule has 1 aromatic rings. The number of carboxylic acids is 1. The van der Waals surface area contributed by atoms with Crippen LogP contribution in [-0.4, -0.2) is 59.4 Å². The van der Waals surface area contributed by atoms with Crippen molar-refractivity contribution in [1.29, 1.82) is 0 Å². The van der Waals surface area contributed by atoms with Gasteiger partial charge in [-0.3, -0.25) is 4.79 Å². The van der Waals surface area contributed by atoms with Crippen molar-refractivity contribution in [2.75, 3.05) is 19.7 Å². The van der Waals surface area contributed by atoms with Gasteiger partial charge < -0.3 is 29.4 Å². The maximum absolute atomic E-state index is 12.7. The number of carbonyl (C=O) groups excluding carboxylic acids is 2. The van der Waals surface area contributed by atoms with Crippen LogP contribution in [0.2, 0.25) is 0 Å². The first-order valence-electron chi connectivity index (χ1n) is 8.23. The number of amides is 1. The van der Waals surface area contributed by atoms with Crippen LogP contribution >= 0.6 is 0 Å². The van der Waals surface area contributed by atoms with Crippen LogP contribution < -0.4 is 9.84 Å². The first-order valence-corrected chi connectivity index (χ1v) is 8.23. The molecule has 7 heteroatoms. The molecule has 2 saturated heterocycles. The number of hydrogen-bond acceptors (Lipinski definition) is 6. The fourth-order valence-electron chi connectivity index (χ4n) is 4.02. The first-order chi connectivity index (χ1) is 12.0. The summed E-state index contributed by atoms with van der Waals surface area (Å²) in [7, 11) is 0. The van der Waals surface area contributed by atoms with Crippen molar-refractivity contribution in [3.8, 4) is 5.75 Å². The molecule has 2 fully saturated rings. The highest BCUT2D eigenvalue weighted by Crippen LogP contribution is 2.51. The molecule has 3 aliphatic rings. The van der Waals surface area contributed by atoms with Gasteiger partial charge in [-0.1, -0.05) is 30.4 Å². The summed E-state index contributed by atoms with van der Waals surface area (Å²) in [4.78, 5) is 25.5. The van der Waals surface area contributed by atoms with E-state index in [0.29, 0.717) is 5.75 Å². The zero-order chi connectivity index (χ0) is 17.6. The lowest BCUT2D eigenvalue weighted by molar-refractivity contribution is -0.313. The molecule has 0 saturated carbocycles. The summed E-state index contributed by atoms with van der Waals surface area (Å²) in [6, 6.07) is 9.07. The summed E-state index contributed by atoms with van der Waals surface area (Å²) < 4.78 is 11.3. The molecule has 0 unspecified atom stereocenters. The average molecular weight is 344 g/mol. The number of likely N-dealkylation sites (tertiary alicyclic amines) is 1. The molecular weight excluding hydrogens is 326 g/mol. The van der Waals surface area contributed by atoms with Gasteiger partial charge in [0.15, 0.2) is 0 Å². The van der Waals surface area contributed by atoms with Crippen molar-refractivity contribution in [2.24, 2.45) is 11.8 Å². The predicted molar refractivity (Wildman–Crippen MR) is 83.3 cm³/mol. The van der Waals surface area contributed by atoms with Crippen molar-refractivity contribution >= 4 is 11.9 Å². The Morgan fingerprint density at radius 2 is 2.20 bits per heavy atom. The van der Waals surface area contributed by atoms with Crippen molar-refractivity contribution < 1.29 is 29.3 Å². The fraction of sp³-hybridized carbons (Fsp3) is 0.444. The van der Waals surface area contributed by atoms with E-state index < -0.39 is 35.6 Å². The molecule has 7 nitrogen and oxygen atoms in total. The number of hydrogen-bond donors (Lipinski definition) is 1. The van der Waals surface area contributed by atoms with E-state index in [0.717, 1.165) is 0 Å². The maximum atomic E-state index is 12.7. The molecule has 0 radical (unpaired) electrons. The zero-order valence-electron chi connectivity index (χ0n) is 13.4. The molecule has 0 aromatic heterocycles. The number of carboxylic acid groups (broad SMARTS) is 1. The minimum absolute atomic E-state index is 0.0364. The molecule has 1 aromatic carbocycles. The summed E-state index contributed by atoms with van der Waals surface area (Å²) in [5.41, 5.74) is -0.910. The number of aliphatic hydroxyl groups is 1. The number of benzene rings is 1. The SMILES string of the molecule is O=C([O-])[C@@H]1[C@H]2C(=O)N(C[C@@H](O)COc3ccccc3)C[C@]23C=C[C@H]1O3. The molecule has 5 atom stereocenters. The van der Waals surface area contributed by atoms with E-state index in [1.807, 2.05) is 18.2 Å². The number of para-hydroxylation sites is 1. The van der Waals surface area contributed by atoms with Gasteiger partial charge in [-0.2, -0.15) is 0 Å². The number of rotatable bonds is 6. The number of β-amino-alcohol motifs (C(OH)–C–C–N with tert-alkyl or cyclic N) is 1. The summed E-state index contributed by atoms with van der Waals surface area (Å²) in [5.74, 6) is -2.72. The first kappa shape index (κ1) is 16.1. The Labute approximate surface area is 144 Å². The number of carbonyl (C=O) groups is 2. The topological polar surface area (TPSA) is 99.1 Å². The highest BCUT2D eigenvalue weighted by Gasteiger charge is 2.65. The van der Waals surface area contributed by atoms with Gasteiger partial charge in [0.1, 0.15) is 24.1 Å². The molecule has 2 bridgehead atoms. The molecule has 3 heterocycles. The normalized spacial score (nSPS) is 33.6. The molecule has 4 rings (SSSR count). The molecule has 1 N–H and O–H groups in total. The van der Waals surface area contributed by atoms with Gasteiger partial charge in [-0.15, -0.1) is 0 Å². The van der Waals surface area contributed by atoms with Crippen LogP contribution in [0.25, 0.3) is 0 Å². The van der Waals surface area contributed by atoms with E-state index in [-0.39, 0.29) is 25.6 Å². The summed E-state index contributed by atoms with van der Waals surface area (Å²) >= 11 is 0. The number of ether oxygens (including phenoxy) is 2. The lowest BCUT2D eigenvalue weighted by Gasteiger charge is -2.25. The van der Waals surface area contributed by atoms with Crippen LogP contribution in [0.5, 0.6) is 5.75 Å². The zero-order valence-corrected chi connectivity index (χ0v) is 13.4. The summed E-state index contributed by atoms with van der Waals surface area (Å²) in [5, 5.41) is 21.6. The third kappa shape index (κ3) is 2.60. The van der Waals surface area contributed by atoms with E-state index in [4.69, 9.17) is 9.47 Å². The summed E-state index contributed by atoms with van der Waals surface area (Å²) in [6.45, 7) is 0.329. The fourth-order valence-corrected chi connectivity index (χ4v) is 4.02. The molecule has 132 valence electrons. The Balaban J connectivity index is 1.40. The van der Waals surface area contributed by atoms with E-state index in [9.17, 15) is 19.8 Å². The smallest absolute Gasteiger partial charge is 0.230 e. The Kier molecular flexibility index (Phi) is 3.77. The lowest BCUT2D eigenvalue weighted by atomic mass is 9.77. The van der Waals surface area contributed by atoms with Crippen LogP contribution in [0.3, 0.4) is 0 Å². The van der Waals surface area contributed by atoms with Gasteiger partial charge >= 0.3 is 0 Å². The van der Waals surface area contributed by atoms with E-state index in [1.165, 1.54) is 4.90 Å². The highest BCUT2D eigenvalue weighted by atomic mass is 16.5. The minimum atomic E-state index is -1.27. The standard InChI is InChI=1S/C18H19NO6/c20-11(9-24-12-4-2-1-3-5-12)8-19-10-18-7-6-13(25-18)14(17(22)23)15(18)16(19)21/h1-7,11,13-15,20H,8-10H2,(H,22,23)/p-1/t11-,13-,14+,15+,18-/m1/s1. The second kappa shape index (κ2) is 5.86. The number of aliphatic hydroxyl groups excluding tert-OH is 1. The Morgan fingerprint density at radius 3 is 2.92 bits per heavy atom. The molecule has 25 heavy (non-hydrogen) atoms. The van der Waals surface area contributed by atoms with Gasteiger partial charge in [0.25, 0.3) is 0 Å². The second-order valence-corrected chi connectivity index (χ2v) is 6.72. The highest BCUT2D eigenvalue weighted by molar-refractivity contribution is 5.90. The van der Waals surface area contributed by atoms with Crippen molar-refractivity contribution in [2.45, 2.75) is 17.8 Å². The van der Waals surface area contributed by atoms with Crippen LogP contribution in [-0.2, 0) is 14.3 Å². The molecular formula is C18H18NO6-. The number of aliphatic carboxylic acids is 1. The molecule has 1 spiro atoms. The van der Waals surface area contributed by atoms with Crippen molar-refractivity contribution in [1.82, 2.24) is 4.90 Å². The number of fused-ring (bicyclic) bond motifs is 1. The van der Waals surface area contributed by atoms with Gasteiger partial charge in [-0.25, -0.2) is 0 Å². The molecule has 1 amide bonds. The average Bonchev–Trinajstić information content (AvgIpc) is 3.22. The van der Waals surface area contributed by atoms with E-state index in [1.54, 1.807) is 24.3 Å². The third-order valence-corrected chi connectivity index (χ3v) is 5.07. The molecule has 0 aliphatic carbocycles. The van der Waals surface area contributed by atoms with Gasteiger partial charge in [0.05, 0.1) is 25.1 Å². The minimum Gasteiger partial charge on any atom is -0.550 e. The van der Waals surface area contributed by atoms with E-state index >= 15 is 0 Å². The van der Waals surface area contributed by atoms with Crippen LogP contribution in [0.15, 0.2) is 42.5 Å². The predicted octanol–water partition coefficient (Wildman–Crippen LogP) is -1.04. The quantitative estimate of drug-likeness (QED) is 0.662. The van der Waals surface area contributed by atoms with Crippen LogP contribution in [0.1, 0.15) is 0 Å². The Hall–Kier alpha value is -2.38. The second-order valence-electron chi connectivity index (χ2n) is 6.72. The largest absolute Gasteiger partial charge is 0.550 e. The van der Waals surface area contributed by atoms with Crippen molar-refractivity contribution in [3.05, 3.63) is 42.5 Å². The van der Waals surface area contributed by atoms with Crippen LogP contribution in [0.4, 0.5) is 0 Å². The number of nitrogens with zero attached hydrogens (tertiary/aromatic N) is 1. The third-order valence-electron chi connectivity index (χ3n) is 5.07. The Bertz CT molecular complexity index is 720. The lowest BCUT2D eigenvalue weighted by Crippen LogP contribution is -2.45. The molecule has 3 aliphatic heterocycles. The Morgan fingerprint density at radius 1 is 1.44 bits per heavy atom. The monoisotopic (exact) mass is 344 g/mol. The van der Waals surface area contributed by atoms with Gasteiger partial charge in [0.2, 0.25) is 5.91 Å². The van der Waals surface area contributed by atoms with Gasteiger partial charge in [-0.05, 0) is 12.1 Å². The van der Waals surface area contributed by atoms with Crippen molar-refractivity contribution in [3.63, 3.8) is 0 Å². The maximum Gasteiger partial charge on any atom is 0.230 e. The van der Waals surface area contributed by atoms with Gasteiger partial charge in [0, 0.05) is 11.9 Å². The van der Waals surface area contributed by atoms with Crippen LogP contribution in [0, 0.1) is 11.8 Å².